The molecule has 1 aromatic heterocycles. The minimum atomic E-state index is -3.92. The van der Waals surface area contributed by atoms with Gasteiger partial charge in [0.05, 0.1) is 29.1 Å². The van der Waals surface area contributed by atoms with Gasteiger partial charge in [0.2, 0.25) is 10.0 Å². The second-order valence-corrected chi connectivity index (χ2v) is 9.86. The molecular formula is C26H22N2O8S. The van der Waals surface area contributed by atoms with Gasteiger partial charge in [-0.15, -0.1) is 0 Å². The highest BCUT2D eigenvalue weighted by Gasteiger charge is 2.33. The Bertz CT molecular complexity index is 1550. The number of benzene rings is 3. The predicted molar refractivity (Wildman–Crippen MR) is 133 cm³/mol. The lowest BCUT2D eigenvalue weighted by atomic mass is 10.0. The average molecular weight is 523 g/mol. The van der Waals surface area contributed by atoms with Gasteiger partial charge in [0.25, 0.3) is 0 Å². The van der Waals surface area contributed by atoms with Crippen molar-refractivity contribution in [3.05, 3.63) is 107 Å². The Labute approximate surface area is 211 Å². The monoisotopic (exact) mass is 522 g/mol. The van der Waals surface area contributed by atoms with Crippen LogP contribution in [0.3, 0.4) is 0 Å². The van der Waals surface area contributed by atoms with E-state index in [1.54, 1.807) is 78.9 Å². The molecule has 0 saturated carbocycles. The van der Waals surface area contributed by atoms with Crippen LogP contribution < -0.4 is 9.56 Å². The summed E-state index contributed by atoms with van der Waals surface area (Å²) in [6.07, 6.45) is -2.31. The van der Waals surface area contributed by atoms with E-state index in [9.17, 15) is 33.0 Å². The van der Waals surface area contributed by atoms with Crippen LogP contribution in [0.25, 0.3) is 10.9 Å². The standard InChI is InChI=1S/C26H22N2O8S/c29-23(18-11-5-2-6-12-18)22-19-13-7-8-14-20(19)28(36-24(25(30)31)26(32)33)21(22)15-27-37(34,35)16-17-9-3-1-4-10-17/h1-14,24,27H,15-16H2,(H,30,31)(H,32,33). The molecule has 3 N–H and O–H groups in total. The summed E-state index contributed by atoms with van der Waals surface area (Å²) in [4.78, 5) is 42.1. The molecule has 0 fully saturated rings. The molecule has 0 radical (unpaired) electrons. The SMILES string of the molecule is O=C(c1ccccc1)c1c(CNS(=O)(=O)Cc2ccccc2)n(OC(C(=O)O)C(=O)O)c2ccccc12. The third-order valence-electron chi connectivity index (χ3n) is 5.51. The van der Waals surface area contributed by atoms with Gasteiger partial charge < -0.3 is 15.1 Å². The van der Waals surface area contributed by atoms with Crippen molar-refractivity contribution in [2.45, 2.75) is 18.4 Å². The molecule has 0 aliphatic heterocycles. The van der Waals surface area contributed by atoms with Crippen molar-refractivity contribution in [3.63, 3.8) is 0 Å². The largest absolute Gasteiger partial charge is 0.478 e. The zero-order valence-electron chi connectivity index (χ0n) is 19.3. The second kappa shape index (κ2) is 10.6. The lowest BCUT2D eigenvalue weighted by Gasteiger charge is -2.17. The quantitative estimate of drug-likeness (QED) is 0.201. The molecule has 0 atom stereocenters. The Hall–Kier alpha value is -4.48. The summed E-state index contributed by atoms with van der Waals surface area (Å²) >= 11 is 0. The van der Waals surface area contributed by atoms with Crippen molar-refractivity contribution >= 4 is 38.6 Å². The normalized spacial score (nSPS) is 11.5. The number of carbonyl (C=O) groups excluding carboxylic acids is 1. The zero-order valence-corrected chi connectivity index (χ0v) is 20.1. The Morgan fingerprint density at radius 1 is 0.838 bits per heavy atom. The first-order chi connectivity index (χ1) is 17.7. The number of ketones is 1. The van der Waals surface area contributed by atoms with E-state index in [-0.39, 0.29) is 22.5 Å². The Morgan fingerprint density at radius 2 is 1.41 bits per heavy atom. The van der Waals surface area contributed by atoms with Crippen LogP contribution in [0.1, 0.15) is 27.2 Å². The van der Waals surface area contributed by atoms with Crippen molar-refractivity contribution in [2.24, 2.45) is 0 Å². The number of aliphatic carboxylic acids is 2. The van der Waals surface area contributed by atoms with Crippen molar-refractivity contribution in [1.29, 1.82) is 0 Å². The van der Waals surface area contributed by atoms with Crippen LogP contribution in [0.5, 0.6) is 0 Å². The number of aromatic nitrogens is 1. The summed E-state index contributed by atoms with van der Waals surface area (Å²) < 4.78 is 29.0. The van der Waals surface area contributed by atoms with Crippen molar-refractivity contribution in [2.75, 3.05) is 0 Å². The second-order valence-electron chi connectivity index (χ2n) is 8.06. The highest BCUT2D eigenvalue weighted by atomic mass is 32.2. The van der Waals surface area contributed by atoms with E-state index in [2.05, 4.69) is 4.72 Å². The molecule has 11 heteroatoms. The fourth-order valence-electron chi connectivity index (χ4n) is 3.86. The van der Waals surface area contributed by atoms with Crippen LogP contribution in [-0.2, 0) is 31.9 Å². The Balaban J connectivity index is 1.83. The number of para-hydroxylation sites is 1. The Kier molecular flexibility index (Phi) is 7.37. The molecule has 4 aromatic rings. The van der Waals surface area contributed by atoms with E-state index in [4.69, 9.17) is 4.84 Å². The van der Waals surface area contributed by atoms with Gasteiger partial charge in [0.1, 0.15) is 0 Å². The molecule has 37 heavy (non-hydrogen) atoms. The molecule has 0 aliphatic rings. The first-order valence-corrected chi connectivity index (χ1v) is 12.7. The number of rotatable bonds is 11. The van der Waals surface area contributed by atoms with Gasteiger partial charge in [-0.25, -0.2) is 22.7 Å². The molecule has 3 aromatic carbocycles. The van der Waals surface area contributed by atoms with Crippen LogP contribution in [0, 0.1) is 0 Å². The van der Waals surface area contributed by atoms with E-state index in [0.29, 0.717) is 16.5 Å². The molecule has 0 amide bonds. The summed E-state index contributed by atoms with van der Waals surface area (Å²) in [6.45, 7) is -0.469. The number of carbonyl (C=O) groups is 3. The smallest absolute Gasteiger partial charge is 0.359 e. The maximum Gasteiger partial charge on any atom is 0.359 e. The minimum absolute atomic E-state index is 0.0424. The highest BCUT2D eigenvalue weighted by molar-refractivity contribution is 7.88. The lowest BCUT2D eigenvalue weighted by Crippen LogP contribution is -2.41. The molecular weight excluding hydrogens is 500 g/mol. The molecule has 0 aliphatic carbocycles. The van der Waals surface area contributed by atoms with Gasteiger partial charge in [-0.2, -0.15) is 4.73 Å². The van der Waals surface area contributed by atoms with Crippen molar-refractivity contribution in [3.8, 4) is 0 Å². The number of fused-ring (bicyclic) bond motifs is 1. The van der Waals surface area contributed by atoms with Gasteiger partial charge in [-0.3, -0.25) is 4.79 Å². The predicted octanol–water partition coefficient (Wildman–Crippen LogP) is 2.46. The number of hydrogen-bond acceptors (Lipinski definition) is 6. The Morgan fingerprint density at radius 3 is 2.03 bits per heavy atom. The number of carboxylic acid groups (broad SMARTS) is 2. The van der Waals surface area contributed by atoms with Crippen molar-refractivity contribution in [1.82, 2.24) is 9.45 Å². The van der Waals surface area contributed by atoms with Crippen LogP contribution in [0.4, 0.5) is 0 Å². The fourth-order valence-corrected chi connectivity index (χ4v) is 4.95. The van der Waals surface area contributed by atoms with Gasteiger partial charge in [0, 0.05) is 10.9 Å². The van der Waals surface area contributed by atoms with Crippen LogP contribution in [-0.4, -0.2) is 47.2 Å². The molecule has 190 valence electrons. The summed E-state index contributed by atoms with van der Waals surface area (Å²) in [7, 11) is -3.92. The summed E-state index contributed by atoms with van der Waals surface area (Å²) in [5.74, 6) is -4.35. The van der Waals surface area contributed by atoms with Crippen LogP contribution in [0.15, 0.2) is 84.9 Å². The highest BCUT2D eigenvalue weighted by Crippen LogP contribution is 2.29. The third-order valence-corrected chi connectivity index (χ3v) is 6.80. The van der Waals surface area contributed by atoms with E-state index in [1.165, 1.54) is 6.07 Å². The van der Waals surface area contributed by atoms with Gasteiger partial charge in [-0.1, -0.05) is 78.9 Å². The fraction of sp³-hybridized carbons (Fsp3) is 0.115. The average Bonchev–Trinajstić information content (AvgIpc) is 3.19. The zero-order chi connectivity index (χ0) is 26.6. The van der Waals surface area contributed by atoms with E-state index in [1.807, 2.05) is 0 Å². The number of nitrogens with one attached hydrogen (secondary N) is 1. The number of hydrogen-bond donors (Lipinski definition) is 3. The van der Waals surface area contributed by atoms with E-state index in [0.717, 1.165) is 4.73 Å². The summed E-state index contributed by atoms with van der Waals surface area (Å²) in [6, 6.07) is 23.0. The molecule has 1 heterocycles. The van der Waals surface area contributed by atoms with Crippen LogP contribution in [0.2, 0.25) is 0 Å². The van der Waals surface area contributed by atoms with E-state index < -0.39 is 40.4 Å². The maximum absolute atomic E-state index is 13.6. The third kappa shape index (κ3) is 5.68. The maximum atomic E-state index is 13.6. The first kappa shape index (κ1) is 25.6. The molecule has 10 nitrogen and oxygen atoms in total. The molecule has 0 unspecified atom stereocenters. The number of sulfonamides is 1. The first-order valence-electron chi connectivity index (χ1n) is 11.0. The molecule has 0 bridgehead atoms. The summed E-state index contributed by atoms with van der Waals surface area (Å²) in [5, 5.41) is 19.1. The number of nitrogens with zero attached hydrogens (tertiary/aromatic N) is 1. The minimum Gasteiger partial charge on any atom is -0.478 e. The molecule has 4 rings (SSSR count). The van der Waals surface area contributed by atoms with Gasteiger partial charge in [0.15, 0.2) is 5.78 Å². The molecule has 0 spiro atoms. The lowest BCUT2D eigenvalue weighted by molar-refractivity contribution is -0.165. The van der Waals surface area contributed by atoms with E-state index >= 15 is 0 Å². The van der Waals surface area contributed by atoms with Gasteiger partial charge in [-0.05, 0) is 11.6 Å². The topological polar surface area (TPSA) is 152 Å². The summed E-state index contributed by atoms with van der Waals surface area (Å²) in [5.41, 5.74) is 1.04. The van der Waals surface area contributed by atoms with Crippen molar-refractivity contribution < 1.29 is 37.9 Å². The molecule has 0 saturated heterocycles. The number of carboxylic acids is 2. The van der Waals surface area contributed by atoms with Gasteiger partial charge >= 0.3 is 18.0 Å². The van der Waals surface area contributed by atoms with Crippen LogP contribution >= 0.6 is 0 Å².